The number of rotatable bonds is 12. The first-order chi connectivity index (χ1) is 27.7. The fourth-order valence-corrected chi connectivity index (χ4v) is 5.73. The zero-order valence-corrected chi connectivity index (χ0v) is 34.2. The summed E-state index contributed by atoms with van der Waals surface area (Å²) in [5.74, 6) is -1.66. The number of esters is 2. The smallest absolute Gasteiger partial charge is 0.345 e. The van der Waals surface area contributed by atoms with Crippen LogP contribution >= 0.6 is 0 Å². The number of allylic oxidation sites excluding steroid dienone is 1. The number of para-hydroxylation sites is 3. The van der Waals surface area contributed by atoms with Gasteiger partial charge in [0.25, 0.3) is 0 Å². The number of carbonyl (C=O) groups excluding carboxylic acids is 5. The minimum absolute atomic E-state index is 0.0248. The standard InChI is InChI=1S/C14H14O4.C13H16O4.C12H14O.C8H8O2/c1-3-5-9-6-4-7-10-12(15)11(14(16)17-2)8-18-13(9)10;1-3-5-9-6-4-7-10(13(9)16)11(14)8-12(15)17-2;1-4-6-11-7-5-8-12(9(11)2)10(3)13;1-6(9)7-4-2-3-5-8(7)10/h4,6-8H,3,5H2,1-2H3;4,6-7,16H,3,5,8H2,1-2H3;4-5,7-8H,1,6H2,2-3H3;2-5,10H,1H3. The van der Waals surface area contributed by atoms with Crippen molar-refractivity contribution in [2.75, 3.05) is 14.2 Å². The van der Waals surface area contributed by atoms with Crippen LogP contribution in [-0.2, 0) is 33.5 Å². The number of aromatic hydroxyl groups is 2. The van der Waals surface area contributed by atoms with Gasteiger partial charge in [0.2, 0.25) is 5.43 Å². The molecule has 0 aliphatic carbocycles. The molecule has 0 radical (unpaired) electrons. The molecule has 1 aromatic heterocycles. The number of Topliss-reactive ketones (excluding diaryl/α,β-unsaturated/α-hetero) is 3. The van der Waals surface area contributed by atoms with Crippen LogP contribution < -0.4 is 5.43 Å². The van der Waals surface area contributed by atoms with E-state index in [0.717, 1.165) is 47.9 Å². The molecule has 306 valence electrons. The second kappa shape index (κ2) is 24.1. The van der Waals surface area contributed by atoms with E-state index in [4.69, 9.17) is 9.52 Å². The number of ketones is 3. The normalized spacial score (nSPS) is 9.98. The van der Waals surface area contributed by atoms with Crippen LogP contribution in [0.15, 0.2) is 107 Å². The first-order valence-electron chi connectivity index (χ1n) is 18.7. The first-order valence-corrected chi connectivity index (χ1v) is 18.7. The van der Waals surface area contributed by atoms with Gasteiger partial charge in [0.15, 0.2) is 17.3 Å². The molecule has 11 heteroatoms. The Kier molecular flexibility index (Phi) is 19.8. The second-order valence-corrected chi connectivity index (χ2v) is 13.0. The van der Waals surface area contributed by atoms with Crippen LogP contribution in [0.3, 0.4) is 0 Å². The Hall–Kier alpha value is -6.62. The van der Waals surface area contributed by atoms with Crippen LogP contribution in [0, 0.1) is 6.92 Å². The summed E-state index contributed by atoms with van der Waals surface area (Å²) in [6.45, 7) is 12.7. The Morgan fingerprint density at radius 3 is 1.81 bits per heavy atom. The molecule has 0 aliphatic rings. The summed E-state index contributed by atoms with van der Waals surface area (Å²) in [5.41, 5.74) is 5.48. The van der Waals surface area contributed by atoms with Gasteiger partial charge in [0, 0.05) is 5.56 Å². The van der Waals surface area contributed by atoms with Gasteiger partial charge in [-0.25, -0.2) is 4.79 Å². The molecule has 0 spiro atoms. The summed E-state index contributed by atoms with van der Waals surface area (Å²) in [6, 6.07) is 22.7. The molecule has 58 heavy (non-hydrogen) atoms. The van der Waals surface area contributed by atoms with Crippen LogP contribution in [0.4, 0.5) is 0 Å². The van der Waals surface area contributed by atoms with E-state index >= 15 is 0 Å². The molecule has 0 fully saturated rings. The SMILES string of the molecule is C=CCc1cccc(C(C)=O)c1C.CC(=O)c1ccccc1O.CCCc1cccc(C(=O)CC(=O)OC)c1O.CCCc1cccc2c(=O)c(C(=O)OC)coc12. The molecule has 0 aliphatic heterocycles. The third kappa shape index (κ3) is 13.5. The Bertz CT molecular complexity index is 2280. The minimum Gasteiger partial charge on any atom is -0.507 e. The van der Waals surface area contributed by atoms with Crippen molar-refractivity contribution in [2.45, 2.75) is 73.1 Å². The van der Waals surface area contributed by atoms with E-state index < -0.39 is 17.7 Å². The van der Waals surface area contributed by atoms with Gasteiger partial charge in [-0.15, -0.1) is 6.58 Å². The highest BCUT2D eigenvalue weighted by Gasteiger charge is 2.18. The first kappa shape index (κ1) is 47.5. The minimum atomic E-state index is -0.674. The van der Waals surface area contributed by atoms with Crippen molar-refractivity contribution in [1.82, 2.24) is 0 Å². The largest absolute Gasteiger partial charge is 0.507 e. The maximum atomic E-state index is 12.1. The molecule has 0 atom stereocenters. The Balaban J connectivity index is 0.000000273. The molecule has 0 amide bonds. The van der Waals surface area contributed by atoms with Crippen LogP contribution in [0.2, 0.25) is 0 Å². The molecular formula is C47H52O11. The molecule has 0 saturated carbocycles. The zero-order valence-electron chi connectivity index (χ0n) is 34.2. The number of phenolic OH excluding ortho intramolecular Hbond substituents is 2. The maximum Gasteiger partial charge on any atom is 0.345 e. The van der Waals surface area contributed by atoms with Crippen molar-refractivity contribution in [3.8, 4) is 11.5 Å². The summed E-state index contributed by atoms with van der Waals surface area (Å²) in [5, 5.41) is 19.4. The summed E-state index contributed by atoms with van der Waals surface area (Å²) >= 11 is 0. The number of carbonyl (C=O) groups is 5. The van der Waals surface area contributed by atoms with Gasteiger partial charge in [-0.3, -0.25) is 24.0 Å². The molecule has 4 aromatic carbocycles. The molecule has 1 heterocycles. The van der Waals surface area contributed by atoms with E-state index in [2.05, 4.69) is 23.0 Å². The monoisotopic (exact) mass is 792 g/mol. The van der Waals surface area contributed by atoms with Gasteiger partial charge in [-0.05, 0) is 86.6 Å². The Morgan fingerprint density at radius 1 is 0.707 bits per heavy atom. The lowest BCUT2D eigenvalue weighted by Gasteiger charge is -2.07. The van der Waals surface area contributed by atoms with Crippen molar-refractivity contribution in [1.29, 1.82) is 0 Å². The summed E-state index contributed by atoms with van der Waals surface area (Å²) in [7, 11) is 2.46. The lowest BCUT2D eigenvalue weighted by atomic mass is 9.98. The number of phenols is 2. The lowest BCUT2D eigenvalue weighted by Crippen LogP contribution is -2.16. The van der Waals surface area contributed by atoms with E-state index in [-0.39, 0.29) is 46.0 Å². The predicted molar refractivity (Wildman–Crippen MR) is 224 cm³/mol. The highest BCUT2D eigenvalue weighted by molar-refractivity contribution is 6.07. The molecular weight excluding hydrogens is 741 g/mol. The summed E-state index contributed by atoms with van der Waals surface area (Å²) in [6.07, 6.45) is 6.88. The van der Waals surface area contributed by atoms with E-state index in [1.54, 1.807) is 49.4 Å². The van der Waals surface area contributed by atoms with Crippen LogP contribution in [-0.4, -0.2) is 53.7 Å². The number of fused-ring (bicyclic) bond motifs is 1. The average Bonchev–Trinajstić information content (AvgIpc) is 3.20. The number of ether oxygens (including phenoxy) is 2. The highest BCUT2D eigenvalue weighted by Crippen LogP contribution is 2.25. The number of methoxy groups -OCH3 is 2. The number of aryl methyl sites for hydroxylation is 2. The van der Waals surface area contributed by atoms with Gasteiger partial charge >= 0.3 is 11.9 Å². The van der Waals surface area contributed by atoms with Gasteiger partial charge in [0.1, 0.15) is 35.3 Å². The zero-order chi connectivity index (χ0) is 43.4. The second-order valence-electron chi connectivity index (χ2n) is 13.0. The van der Waals surface area contributed by atoms with E-state index in [9.17, 15) is 33.9 Å². The highest BCUT2D eigenvalue weighted by atomic mass is 16.5. The van der Waals surface area contributed by atoms with Crippen LogP contribution in [0.1, 0.15) is 111 Å². The topological polar surface area (TPSA) is 174 Å². The number of benzene rings is 4. The van der Waals surface area contributed by atoms with Crippen molar-refractivity contribution in [2.24, 2.45) is 0 Å². The fourth-order valence-electron chi connectivity index (χ4n) is 5.73. The summed E-state index contributed by atoms with van der Waals surface area (Å²) in [4.78, 5) is 68.2. The molecule has 0 saturated heterocycles. The molecule has 0 unspecified atom stereocenters. The third-order valence-corrected chi connectivity index (χ3v) is 8.75. The average molecular weight is 793 g/mol. The molecule has 2 N–H and O–H groups in total. The van der Waals surface area contributed by atoms with Gasteiger partial charge < -0.3 is 24.1 Å². The van der Waals surface area contributed by atoms with Crippen molar-refractivity contribution in [3.63, 3.8) is 0 Å². The maximum absolute atomic E-state index is 12.1. The Morgan fingerprint density at radius 2 is 1.26 bits per heavy atom. The fraction of sp³-hybridized carbons (Fsp3) is 0.277. The molecule has 5 rings (SSSR count). The van der Waals surface area contributed by atoms with Gasteiger partial charge in [-0.2, -0.15) is 0 Å². The number of hydrogen-bond acceptors (Lipinski definition) is 11. The van der Waals surface area contributed by atoms with Crippen LogP contribution in [0.25, 0.3) is 11.0 Å². The van der Waals surface area contributed by atoms with Gasteiger partial charge in [0.05, 0.1) is 30.7 Å². The van der Waals surface area contributed by atoms with Gasteiger partial charge in [-0.1, -0.05) is 87.4 Å². The summed E-state index contributed by atoms with van der Waals surface area (Å²) < 4.78 is 14.4. The van der Waals surface area contributed by atoms with Crippen molar-refractivity contribution in [3.05, 3.63) is 153 Å². The molecule has 5 aromatic rings. The molecule has 0 bridgehead atoms. The Labute approximate surface area is 339 Å². The third-order valence-electron chi connectivity index (χ3n) is 8.75. The number of hydrogen-bond donors (Lipinski definition) is 2. The van der Waals surface area contributed by atoms with Crippen molar-refractivity contribution >= 4 is 40.3 Å². The lowest BCUT2D eigenvalue weighted by molar-refractivity contribution is -0.139. The van der Waals surface area contributed by atoms with E-state index in [1.807, 2.05) is 44.2 Å². The molecule has 11 nitrogen and oxygen atoms in total. The predicted octanol–water partition coefficient (Wildman–Crippen LogP) is 9.14. The van der Waals surface area contributed by atoms with Crippen molar-refractivity contribution < 1.29 is 48.1 Å². The quantitative estimate of drug-likeness (QED) is 0.0534. The van der Waals surface area contributed by atoms with E-state index in [1.165, 1.54) is 45.1 Å². The van der Waals surface area contributed by atoms with Crippen LogP contribution in [0.5, 0.6) is 11.5 Å². The van der Waals surface area contributed by atoms with E-state index in [0.29, 0.717) is 23.0 Å².